The molecular weight excluding hydrogens is 404 g/mol. The third kappa shape index (κ3) is 4.55. The molecule has 1 saturated heterocycles. The van der Waals surface area contributed by atoms with E-state index in [1.54, 1.807) is 36.4 Å². The van der Waals surface area contributed by atoms with E-state index in [9.17, 15) is 14.4 Å². The Kier molecular flexibility index (Phi) is 5.92. The fourth-order valence-electron chi connectivity index (χ4n) is 3.51. The number of rotatable bonds is 7. The van der Waals surface area contributed by atoms with Crippen LogP contribution in [0.25, 0.3) is 0 Å². The summed E-state index contributed by atoms with van der Waals surface area (Å²) in [6.07, 6.45) is 0.0235. The molecule has 2 aromatic carbocycles. The lowest BCUT2D eigenvalue weighted by atomic mass is 10.1. The van der Waals surface area contributed by atoms with Crippen LogP contribution in [-0.2, 0) is 25.7 Å². The summed E-state index contributed by atoms with van der Waals surface area (Å²) in [5.41, 5.74) is 1.43. The minimum absolute atomic E-state index is 0.0235. The average molecular weight is 426 g/mol. The van der Waals surface area contributed by atoms with E-state index in [0.29, 0.717) is 22.9 Å². The quantitative estimate of drug-likeness (QED) is 0.672. The van der Waals surface area contributed by atoms with E-state index in [0.717, 1.165) is 5.56 Å². The Morgan fingerprint density at radius 3 is 2.81 bits per heavy atom. The van der Waals surface area contributed by atoms with Crippen molar-refractivity contribution in [1.82, 2.24) is 5.32 Å². The molecule has 0 bridgehead atoms. The maximum Gasteiger partial charge on any atom is 0.311 e. The van der Waals surface area contributed by atoms with Gasteiger partial charge in [-0.15, -0.1) is 0 Å². The molecule has 2 heterocycles. The predicted octanol–water partition coefficient (Wildman–Crippen LogP) is 1.64. The number of hydrogen-bond acceptors (Lipinski definition) is 7. The van der Waals surface area contributed by atoms with Crippen LogP contribution in [0.4, 0.5) is 5.69 Å². The minimum atomic E-state index is -0.640. The Hall–Kier alpha value is -3.75. The van der Waals surface area contributed by atoms with Gasteiger partial charge in [0.25, 0.3) is 5.91 Å². The van der Waals surface area contributed by atoms with Gasteiger partial charge in [0.1, 0.15) is 5.75 Å². The van der Waals surface area contributed by atoms with Gasteiger partial charge in [-0.1, -0.05) is 18.2 Å². The summed E-state index contributed by atoms with van der Waals surface area (Å²) in [5, 5.41) is 2.69. The number of para-hydroxylation sites is 2. The number of nitrogens with zero attached hydrogens (tertiary/aromatic N) is 1. The molecule has 9 heteroatoms. The highest BCUT2D eigenvalue weighted by Gasteiger charge is 2.37. The molecule has 0 radical (unpaired) electrons. The molecule has 1 fully saturated rings. The highest BCUT2D eigenvalue weighted by molar-refractivity contribution is 6.00. The third-order valence-electron chi connectivity index (χ3n) is 5.11. The SMILES string of the molecule is COc1ccccc1N1C[C@@H](C(=O)OCC(=O)NCc2ccc3c(c2)OCO3)CC1=O. The van der Waals surface area contributed by atoms with E-state index in [4.69, 9.17) is 18.9 Å². The molecule has 31 heavy (non-hydrogen) atoms. The lowest BCUT2D eigenvalue weighted by Crippen LogP contribution is -2.31. The first-order valence-corrected chi connectivity index (χ1v) is 9.80. The van der Waals surface area contributed by atoms with Gasteiger partial charge in [-0.25, -0.2) is 0 Å². The van der Waals surface area contributed by atoms with Gasteiger partial charge in [0.05, 0.1) is 18.7 Å². The summed E-state index contributed by atoms with van der Waals surface area (Å²) >= 11 is 0. The van der Waals surface area contributed by atoms with Crippen molar-refractivity contribution in [2.24, 2.45) is 5.92 Å². The molecule has 0 unspecified atom stereocenters. The van der Waals surface area contributed by atoms with Gasteiger partial charge in [0.15, 0.2) is 18.1 Å². The van der Waals surface area contributed by atoms with Crippen LogP contribution >= 0.6 is 0 Å². The summed E-state index contributed by atoms with van der Waals surface area (Å²) in [6.45, 7) is 0.204. The van der Waals surface area contributed by atoms with Crippen LogP contribution in [0.2, 0.25) is 0 Å². The summed E-state index contributed by atoms with van der Waals surface area (Å²) in [6, 6.07) is 12.5. The number of carbonyl (C=O) groups excluding carboxylic acids is 3. The maximum absolute atomic E-state index is 12.4. The van der Waals surface area contributed by atoms with Gasteiger partial charge in [-0.3, -0.25) is 14.4 Å². The second kappa shape index (κ2) is 8.95. The van der Waals surface area contributed by atoms with Gasteiger partial charge in [0.2, 0.25) is 12.7 Å². The van der Waals surface area contributed by atoms with E-state index in [1.807, 2.05) is 6.07 Å². The zero-order valence-electron chi connectivity index (χ0n) is 17.0. The van der Waals surface area contributed by atoms with Crippen LogP contribution in [0.3, 0.4) is 0 Å². The summed E-state index contributed by atoms with van der Waals surface area (Å²) < 4.78 is 21.0. The van der Waals surface area contributed by atoms with Crippen LogP contribution in [-0.4, -0.2) is 44.8 Å². The van der Waals surface area contributed by atoms with E-state index in [2.05, 4.69) is 5.32 Å². The molecule has 2 aromatic rings. The monoisotopic (exact) mass is 426 g/mol. The molecule has 0 aromatic heterocycles. The number of anilines is 1. The van der Waals surface area contributed by atoms with Crippen molar-refractivity contribution >= 4 is 23.5 Å². The second-order valence-corrected chi connectivity index (χ2v) is 7.15. The predicted molar refractivity (Wildman–Crippen MR) is 109 cm³/mol. The van der Waals surface area contributed by atoms with Crippen molar-refractivity contribution in [2.45, 2.75) is 13.0 Å². The van der Waals surface area contributed by atoms with Crippen LogP contribution in [0.15, 0.2) is 42.5 Å². The summed E-state index contributed by atoms with van der Waals surface area (Å²) in [5.74, 6) is -0.00703. The molecule has 2 aliphatic heterocycles. The van der Waals surface area contributed by atoms with Gasteiger partial charge >= 0.3 is 5.97 Å². The maximum atomic E-state index is 12.4. The molecule has 2 amide bonds. The number of hydrogen-bond donors (Lipinski definition) is 1. The number of methoxy groups -OCH3 is 1. The van der Waals surface area contributed by atoms with Crippen LogP contribution in [0.1, 0.15) is 12.0 Å². The molecule has 0 spiro atoms. The molecular formula is C22H22N2O7. The number of carbonyl (C=O) groups is 3. The first-order chi connectivity index (χ1) is 15.0. The molecule has 2 aliphatic rings. The molecule has 4 rings (SSSR count). The highest BCUT2D eigenvalue weighted by atomic mass is 16.7. The zero-order valence-corrected chi connectivity index (χ0v) is 17.0. The fraction of sp³-hybridized carbons (Fsp3) is 0.318. The minimum Gasteiger partial charge on any atom is -0.495 e. The van der Waals surface area contributed by atoms with Gasteiger partial charge in [-0.05, 0) is 29.8 Å². The van der Waals surface area contributed by atoms with Crippen LogP contribution in [0, 0.1) is 5.92 Å². The van der Waals surface area contributed by atoms with Crippen molar-refractivity contribution in [3.63, 3.8) is 0 Å². The van der Waals surface area contributed by atoms with Crippen molar-refractivity contribution in [2.75, 3.05) is 32.0 Å². The van der Waals surface area contributed by atoms with Crippen LogP contribution in [0.5, 0.6) is 17.2 Å². The Labute approximate surface area is 178 Å². The highest BCUT2D eigenvalue weighted by Crippen LogP contribution is 2.33. The van der Waals surface area contributed by atoms with Crippen molar-refractivity contribution in [3.8, 4) is 17.2 Å². The molecule has 162 valence electrons. The molecule has 1 N–H and O–H groups in total. The van der Waals surface area contributed by atoms with Crippen molar-refractivity contribution in [1.29, 1.82) is 0 Å². The number of amides is 2. The molecule has 9 nitrogen and oxygen atoms in total. The van der Waals surface area contributed by atoms with E-state index in [-0.39, 0.29) is 32.2 Å². The number of fused-ring (bicyclic) bond motifs is 1. The smallest absolute Gasteiger partial charge is 0.311 e. The largest absolute Gasteiger partial charge is 0.495 e. The molecule has 1 atom stereocenters. The fourth-order valence-corrected chi connectivity index (χ4v) is 3.51. The first kappa shape index (κ1) is 20.5. The number of nitrogens with one attached hydrogen (secondary N) is 1. The second-order valence-electron chi connectivity index (χ2n) is 7.15. The Morgan fingerprint density at radius 2 is 1.97 bits per heavy atom. The average Bonchev–Trinajstić information content (AvgIpc) is 3.42. The lowest BCUT2D eigenvalue weighted by molar-refractivity contribution is -0.152. The van der Waals surface area contributed by atoms with Gasteiger partial charge < -0.3 is 29.2 Å². The van der Waals surface area contributed by atoms with Gasteiger partial charge in [-0.2, -0.15) is 0 Å². The number of ether oxygens (including phenoxy) is 4. The first-order valence-electron chi connectivity index (χ1n) is 9.80. The van der Waals surface area contributed by atoms with Gasteiger partial charge in [0, 0.05) is 19.5 Å². The summed E-state index contributed by atoms with van der Waals surface area (Å²) in [4.78, 5) is 38.4. The third-order valence-corrected chi connectivity index (χ3v) is 5.11. The molecule has 0 aliphatic carbocycles. The van der Waals surface area contributed by atoms with Crippen LogP contribution < -0.4 is 24.4 Å². The Bertz CT molecular complexity index is 1010. The van der Waals surface area contributed by atoms with E-state index >= 15 is 0 Å². The van der Waals surface area contributed by atoms with Crippen molar-refractivity contribution < 1.29 is 33.3 Å². The Morgan fingerprint density at radius 1 is 1.16 bits per heavy atom. The number of esters is 1. The topological polar surface area (TPSA) is 103 Å². The molecule has 0 saturated carbocycles. The lowest BCUT2D eigenvalue weighted by Gasteiger charge is -2.19. The standard InChI is InChI=1S/C22H22N2O7/c1-28-17-5-3-2-4-16(17)24-11-15(9-21(24)26)22(27)29-12-20(25)23-10-14-6-7-18-19(8-14)31-13-30-18/h2-8,15H,9-13H2,1H3,(H,23,25)/t15-/m0/s1. The summed E-state index contributed by atoms with van der Waals surface area (Å²) in [7, 11) is 1.52. The number of benzene rings is 2. The van der Waals surface area contributed by atoms with Crippen molar-refractivity contribution in [3.05, 3.63) is 48.0 Å². The zero-order chi connectivity index (χ0) is 21.8. The Balaban J connectivity index is 1.26. The normalized spacial score (nSPS) is 16.9. The van der Waals surface area contributed by atoms with E-state index < -0.39 is 24.4 Å². The van der Waals surface area contributed by atoms with E-state index in [1.165, 1.54) is 12.0 Å².